The average Bonchev–Trinajstić information content (AvgIpc) is 2.61. The normalized spacial score (nSPS) is 25.1. The van der Waals surface area contributed by atoms with Crippen molar-refractivity contribution in [3.63, 3.8) is 0 Å². The third kappa shape index (κ3) is 2.77. The van der Waals surface area contributed by atoms with Crippen molar-refractivity contribution in [3.05, 3.63) is 0 Å². The van der Waals surface area contributed by atoms with Crippen molar-refractivity contribution in [2.45, 2.75) is 45.6 Å². The van der Waals surface area contributed by atoms with Crippen molar-refractivity contribution in [1.29, 1.82) is 0 Å². The van der Waals surface area contributed by atoms with Crippen molar-refractivity contribution < 1.29 is 14.7 Å². The van der Waals surface area contributed by atoms with Crippen molar-refractivity contribution in [3.8, 4) is 0 Å². The van der Waals surface area contributed by atoms with E-state index < -0.39 is 16.9 Å². The van der Waals surface area contributed by atoms with Crippen LogP contribution in [0.4, 0.5) is 0 Å². The minimum absolute atomic E-state index is 0.170. The van der Waals surface area contributed by atoms with Crippen LogP contribution < -0.4 is 5.73 Å². The molecular weight excluding hydrogens is 220 g/mol. The van der Waals surface area contributed by atoms with Gasteiger partial charge in [0, 0.05) is 13.1 Å². The summed E-state index contributed by atoms with van der Waals surface area (Å²) in [5.74, 6) is -0.971. The van der Waals surface area contributed by atoms with Crippen molar-refractivity contribution in [2.75, 3.05) is 13.1 Å². The van der Waals surface area contributed by atoms with E-state index in [9.17, 15) is 14.7 Å². The van der Waals surface area contributed by atoms with Gasteiger partial charge in [-0.3, -0.25) is 9.59 Å². The largest absolute Gasteiger partial charge is 0.481 e. The number of likely N-dealkylation sites (tertiary alicyclic amines) is 1. The van der Waals surface area contributed by atoms with Crippen molar-refractivity contribution >= 4 is 11.9 Å². The van der Waals surface area contributed by atoms with E-state index in [0.717, 1.165) is 6.42 Å². The lowest BCUT2D eigenvalue weighted by molar-refractivity contribution is -0.149. The lowest BCUT2D eigenvalue weighted by Crippen LogP contribution is -2.51. The van der Waals surface area contributed by atoms with Gasteiger partial charge < -0.3 is 15.7 Å². The predicted molar refractivity (Wildman–Crippen MR) is 64.4 cm³/mol. The molecule has 1 heterocycles. The van der Waals surface area contributed by atoms with E-state index in [-0.39, 0.29) is 12.5 Å². The minimum Gasteiger partial charge on any atom is -0.481 e. The Balaban J connectivity index is 2.80. The molecule has 1 saturated heterocycles. The number of carboxylic acid groups (broad SMARTS) is 1. The number of hydrogen-bond donors (Lipinski definition) is 2. The Bertz CT molecular complexity index is 322. The Morgan fingerprint density at radius 1 is 1.47 bits per heavy atom. The van der Waals surface area contributed by atoms with Crippen LogP contribution in [0.3, 0.4) is 0 Å². The summed E-state index contributed by atoms with van der Waals surface area (Å²) in [5.41, 5.74) is 4.06. The molecule has 1 amide bonds. The maximum Gasteiger partial charge on any atom is 0.311 e. The van der Waals surface area contributed by atoms with E-state index in [2.05, 4.69) is 0 Å². The van der Waals surface area contributed by atoms with Crippen LogP contribution in [0.1, 0.15) is 40.0 Å². The smallest absolute Gasteiger partial charge is 0.311 e. The summed E-state index contributed by atoms with van der Waals surface area (Å²) in [4.78, 5) is 24.9. The first-order valence-corrected chi connectivity index (χ1v) is 6.04. The highest BCUT2D eigenvalue weighted by Gasteiger charge is 2.46. The van der Waals surface area contributed by atoms with E-state index in [1.54, 1.807) is 18.7 Å². The summed E-state index contributed by atoms with van der Waals surface area (Å²) in [5, 5.41) is 9.33. The van der Waals surface area contributed by atoms with Crippen molar-refractivity contribution in [1.82, 2.24) is 4.90 Å². The molecule has 0 aromatic heterocycles. The molecule has 0 bridgehead atoms. The number of carbonyl (C=O) groups excluding carboxylic acids is 1. The zero-order valence-electron chi connectivity index (χ0n) is 10.8. The van der Waals surface area contributed by atoms with Crippen LogP contribution in [0.25, 0.3) is 0 Å². The fourth-order valence-electron chi connectivity index (χ4n) is 2.42. The molecule has 1 aliphatic heterocycles. The van der Waals surface area contributed by atoms with Crippen molar-refractivity contribution in [2.24, 2.45) is 11.1 Å². The quantitative estimate of drug-likeness (QED) is 0.764. The van der Waals surface area contributed by atoms with Crippen LogP contribution in [-0.2, 0) is 9.59 Å². The molecule has 1 fully saturated rings. The van der Waals surface area contributed by atoms with Gasteiger partial charge in [0.2, 0.25) is 5.91 Å². The van der Waals surface area contributed by atoms with E-state index >= 15 is 0 Å². The molecule has 0 aliphatic carbocycles. The maximum atomic E-state index is 12.0. The molecule has 5 nitrogen and oxygen atoms in total. The molecule has 5 heteroatoms. The summed E-state index contributed by atoms with van der Waals surface area (Å²) in [6, 6.07) is 0. The fourth-order valence-corrected chi connectivity index (χ4v) is 2.42. The van der Waals surface area contributed by atoms with Gasteiger partial charge in [0.05, 0.1) is 11.0 Å². The van der Waals surface area contributed by atoms with Crippen LogP contribution in [0.5, 0.6) is 0 Å². The monoisotopic (exact) mass is 242 g/mol. The Kier molecular flexibility index (Phi) is 3.81. The predicted octanol–water partition coefficient (Wildman–Crippen LogP) is 0.827. The molecule has 3 N–H and O–H groups in total. The first-order chi connectivity index (χ1) is 7.73. The molecule has 0 saturated carbocycles. The fraction of sp³-hybridized carbons (Fsp3) is 0.833. The second kappa shape index (κ2) is 4.64. The van der Waals surface area contributed by atoms with Gasteiger partial charge in [-0.25, -0.2) is 0 Å². The van der Waals surface area contributed by atoms with Gasteiger partial charge in [0.1, 0.15) is 0 Å². The first-order valence-electron chi connectivity index (χ1n) is 6.04. The summed E-state index contributed by atoms with van der Waals surface area (Å²) in [6.07, 6.45) is 1.94. The van der Waals surface area contributed by atoms with E-state index in [0.29, 0.717) is 19.4 Å². The lowest BCUT2D eigenvalue weighted by Gasteiger charge is -2.28. The molecule has 0 radical (unpaired) electrons. The highest BCUT2D eigenvalue weighted by atomic mass is 16.4. The van der Waals surface area contributed by atoms with Gasteiger partial charge in [0.15, 0.2) is 0 Å². The first kappa shape index (κ1) is 14.0. The molecule has 0 spiro atoms. The van der Waals surface area contributed by atoms with Gasteiger partial charge >= 0.3 is 5.97 Å². The van der Waals surface area contributed by atoms with Crippen LogP contribution in [0.15, 0.2) is 0 Å². The Labute approximate surface area is 102 Å². The second-order valence-electron chi connectivity index (χ2n) is 5.53. The molecule has 17 heavy (non-hydrogen) atoms. The topological polar surface area (TPSA) is 83.6 Å². The third-order valence-corrected chi connectivity index (χ3v) is 3.37. The summed E-state index contributed by atoms with van der Waals surface area (Å²) < 4.78 is 0. The van der Waals surface area contributed by atoms with Gasteiger partial charge in [-0.05, 0) is 26.7 Å². The number of aliphatic carboxylic acids is 1. The Morgan fingerprint density at radius 3 is 2.47 bits per heavy atom. The standard InChI is InChI=1S/C12H22N2O3/c1-4-5-12(10(16)17)6-7-14(8-12)9(15)11(2,3)13/h4-8,13H2,1-3H3,(H,16,17). The second-order valence-corrected chi connectivity index (χ2v) is 5.53. The van der Waals surface area contributed by atoms with Crippen LogP contribution >= 0.6 is 0 Å². The molecule has 98 valence electrons. The molecule has 1 aliphatic rings. The number of nitrogens with zero attached hydrogens (tertiary/aromatic N) is 1. The molecule has 1 atom stereocenters. The molecule has 0 aromatic carbocycles. The zero-order valence-corrected chi connectivity index (χ0v) is 10.8. The van der Waals surface area contributed by atoms with E-state index in [1.807, 2.05) is 6.92 Å². The third-order valence-electron chi connectivity index (χ3n) is 3.37. The van der Waals surface area contributed by atoms with Gasteiger partial charge in [-0.15, -0.1) is 0 Å². The van der Waals surface area contributed by atoms with E-state index in [1.165, 1.54) is 0 Å². The minimum atomic E-state index is -0.930. The number of rotatable bonds is 4. The van der Waals surface area contributed by atoms with Gasteiger partial charge in [-0.1, -0.05) is 13.3 Å². The Morgan fingerprint density at radius 2 is 2.06 bits per heavy atom. The molecule has 1 rings (SSSR count). The van der Waals surface area contributed by atoms with Crippen LogP contribution in [0, 0.1) is 5.41 Å². The van der Waals surface area contributed by atoms with E-state index in [4.69, 9.17) is 5.73 Å². The number of carboxylic acids is 1. The lowest BCUT2D eigenvalue weighted by atomic mass is 9.83. The summed E-state index contributed by atoms with van der Waals surface area (Å²) in [7, 11) is 0. The maximum absolute atomic E-state index is 12.0. The number of hydrogen-bond acceptors (Lipinski definition) is 3. The highest BCUT2D eigenvalue weighted by Crippen LogP contribution is 2.36. The van der Waals surface area contributed by atoms with Crippen LogP contribution in [0.2, 0.25) is 0 Å². The Hall–Kier alpha value is -1.10. The highest BCUT2D eigenvalue weighted by molar-refractivity contribution is 5.87. The van der Waals surface area contributed by atoms with Crippen LogP contribution in [-0.4, -0.2) is 40.5 Å². The van der Waals surface area contributed by atoms with Gasteiger partial charge in [0.25, 0.3) is 0 Å². The number of nitrogens with two attached hydrogens (primary N) is 1. The summed E-state index contributed by atoms with van der Waals surface area (Å²) in [6.45, 7) is 6.04. The summed E-state index contributed by atoms with van der Waals surface area (Å²) >= 11 is 0. The number of carbonyl (C=O) groups is 2. The van der Waals surface area contributed by atoms with Gasteiger partial charge in [-0.2, -0.15) is 0 Å². The molecular formula is C12H22N2O3. The molecule has 0 aromatic rings. The zero-order chi connectivity index (χ0) is 13.3. The molecule has 1 unspecified atom stereocenters. The number of amides is 1. The SMILES string of the molecule is CCCC1(C(=O)O)CCN(C(=O)C(C)(C)N)C1. The average molecular weight is 242 g/mol.